The number of hydrogen-bond acceptors (Lipinski definition) is 6. The molecular weight excluding hydrogens is 949 g/mol. The van der Waals surface area contributed by atoms with Crippen molar-refractivity contribution in [2.75, 3.05) is 0 Å². The first kappa shape index (κ1) is 48.2. The van der Waals surface area contributed by atoms with E-state index in [2.05, 4.69) is 113 Å². The number of allylic oxidation sites excluding steroid dienone is 6. The van der Waals surface area contributed by atoms with Crippen LogP contribution in [0.15, 0.2) is 50.3 Å². The number of benzene rings is 2. The maximum atomic E-state index is 7.02. The molecule has 6 nitrogen and oxygen atoms in total. The minimum atomic E-state index is -0.943. The predicted octanol–water partition coefficient (Wildman–Crippen LogP) is 11.1. The van der Waals surface area contributed by atoms with Crippen molar-refractivity contribution in [1.82, 2.24) is 11.6 Å². The number of rotatable bonds is 9. The van der Waals surface area contributed by atoms with E-state index in [0.717, 1.165) is 75.3 Å². The van der Waals surface area contributed by atoms with E-state index in [1.165, 1.54) is 83.9 Å². The van der Waals surface area contributed by atoms with Crippen molar-refractivity contribution in [1.29, 1.82) is 0 Å². The zero-order valence-electron chi connectivity index (χ0n) is 36.5. The van der Waals surface area contributed by atoms with Crippen molar-refractivity contribution in [2.24, 2.45) is 15.0 Å². The van der Waals surface area contributed by atoms with Gasteiger partial charge in [0.05, 0.1) is 0 Å². The maximum absolute atomic E-state index is 7.02. The molecule has 0 saturated carbocycles. The normalized spacial score (nSPS) is 19.1. The van der Waals surface area contributed by atoms with E-state index in [0.29, 0.717) is 19.6 Å². The molecule has 0 saturated heterocycles. The van der Waals surface area contributed by atoms with Gasteiger partial charge in [0.25, 0.3) is 0 Å². The van der Waals surface area contributed by atoms with Gasteiger partial charge in [-0.2, -0.15) is 0 Å². The third-order valence-corrected chi connectivity index (χ3v) is 19.4. The summed E-state index contributed by atoms with van der Waals surface area (Å²) in [5.41, 5.74) is 23.3. The molecule has 306 valence electrons. The van der Waals surface area contributed by atoms with Crippen molar-refractivity contribution in [3.8, 4) is 0 Å². The third-order valence-electron chi connectivity index (χ3n) is 11.7. The summed E-state index contributed by atoms with van der Waals surface area (Å²) >= 11 is -2.82. The predicted molar refractivity (Wildman–Crippen MR) is 252 cm³/mol. The van der Waals surface area contributed by atoms with Gasteiger partial charge in [-0.25, -0.2) is 0 Å². The summed E-state index contributed by atoms with van der Waals surface area (Å²) in [5.74, 6) is 0. The summed E-state index contributed by atoms with van der Waals surface area (Å²) in [6, 6.07) is 0. The molecule has 5 rings (SSSR count). The quantitative estimate of drug-likeness (QED) is 0.235. The van der Waals surface area contributed by atoms with Crippen molar-refractivity contribution in [3.63, 3.8) is 0 Å². The number of halogens is 3. The summed E-state index contributed by atoms with van der Waals surface area (Å²) in [5, 5.41) is 0. The van der Waals surface area contributed by atoms with E-state index in [4.69, 9.17) is 45.0 Å². The molecule has 0 unspecified atom stereocenters. The zero-order valence-corrected chi connectivity index (χ0v) is 45.1. The average Bonchev–Trinajstić information content (AvgIpc) is 3.19. The van der Waals surface area contributed by atoms with Gasteiger partial charge >= 0.3 is 381 Å². The average molecular weight is 1010 g/mol. The molecule has 0 aromatic heterocycles. The fraction of sp³-hybridized carbons (Fsp3) is 0.533. The molecule has 0 aliphatic carbocycles. The monoisotopic (exact) mass is 1010 g/mol. The Bertz CT molecular complexity index is 1860. The number of hydrogen-bond donors (Lipinski definition) is 0. The van der Waals surface area contributed by atoms with Crippen LogP contribution < -0.4 is 0 Å². The molecule has 3 heterocycles. The molecule has 0 atom stereocenters. The molecule has 6 radical (unpaired) electrons. The van der Waals surface area contributed by atoms with Crippen LogP contribution in [0.3, 0.4) is 0 Å². The van der Waals surface area contributed by atoms with E-state index >= 15 is 0 Å². The summed E-state index contributed by atoms with van der Waals surface area (Å²) in [4.78, 5) is 16.0. The van der Waals surface area contributed by atoms with Gasteiger partial charge in [0, 0.05) is 0 Å². The van der Waals surface area contributed by atoms with Gasteiger partial charge in [-0.05, 0) is 0 Å². The second-order valence-corrected chi connectivity index (χ2v) is 22.2. The molecule has 6 bridgehead atoms. The van der Waals surface area contributed by atoms with E-state index in [-0.39, 0.29) is 0 Å². The molecule has 57 heavy (non-hydrogen) atoms. The number of nitrogens with zero attached hydrogens (tertiary/aromatic N) is 6. The Balaban J connectivity index is 2.27. The molecule has 0 N–H and O–H groups in total. The van der Waals surface area contributed by atoms with Gasteiger partial charge in [-0.15, -0.1) is 0 Å². The van der Waals surface area contributed by atoms with E-state index in [9.17, 15) is 0 Å². The molecule has 0 spiro atoms. The fourth-order valence-corrected chi connectivity index (χ4v) is 14.5. The van der Waals surface area contributed by atoms with Crippen LogP contribution in [-0.4, -0.2) is 72.9 Å². The molecule has 3 aliphatic rings. The molecule has 2 aromatic rings. The van der Waals surface area contributed by atoms with Crippen LogP contribution >= 0.6 is 30.0 Å². The van der Waals surface area contributed by atoms with Gasteiger partial charge in [0.2, 0.25) is 0 Å². The van der Waals surface area contributed by atoms with Crippen LogP contribution in [0.1, 0.15) is 150 Å². The van der Waals surface area contributed by atoms with Crippen LogP contribution in [0.4, 0.5) is 0 Å². The first-order valence-electron chi connectivity index (χ1n) is 20.7. The van der Waals surface area contributed by atoms with Crippen LogP contribution in [0.25, 0.3) is 0 Å². The number of aliphatic imine (C=N–C) groups is 3. The molecule has 12 heteroatoms. The van der Waals surface area contributed by atoms with Crippen LogP contribution in [0, 0.1) is 0 Å². The third kappa shape index (κ3) is 11.3. The van der Waals surface area contributed by atoms with E-state index in [1.54, 1.807) is 0 Å². The zero-order chi connectivity index (χ0) is 42.0. The summed E-state index contributed by atoms with van der Waals surface area (Å²) < 4.78 is 7.31. The standard InChI is InChI=1S/C45H63Cl3Ge3N6/c1-13-34-40-22-52-28(7)19-32(11)56(50-47)26-44-37(16-4)42-24-54-30(9)21-31(10)55(49-46)25-43(35(40)14-2)36(15-3)41(34)23-53-29(8)20-33(12)57(51-48)27-45(38(42)17-5)39(44)18-6/h19-21H,13-18,22-27H2,1-12H3/b31-21-,32-19-,33-20-,52-28?,53-29?,54-30?. The Morgan fingerprint density at radius 3 is 0.825 bits per heavy atom. The second kappa shape index (κ2) is 23.0. The Labute approximate surface area is 377 Å². The van der Waals surface area contributed by atoms with Gasteiger partial charge in [-0.3, -0.25) is 0 Å². The molecule has 2 aromatic carbocycles. The Morgan fingerprint density at radius 2 is 0.614 bits per heavy atom. The van der Waals surface area contributed by atoms with Crippen LogP contribution in [0.5, 0.6) is 0 Å². The second-order valence-electron chi connectivity index (χ2n) is 15.1. The first-order valence-corrected chi connectivity index (χ1v) is 31.8. The Kier molecular flexibility index (Phi) is 19.4. The molecule has 3 aliphatic heterocycles. The Hall–Kier alpha value is -1.43. The van der Waals surface area contributed by atoms with E-state index in [1.807, 2.05) is 0 Å². The van der Waals surface area contributed by atoms with Gasteiger partial charge < -0.3 is 0 Å². The summed E-state index contributed by atoms with van der Waals surface area (Å²) in [6.07, 6.45) is 12.3. The van der Waals surface area contributed by atoms with Crippen molar-refractivity contribution < 1.29 is 0 Å². The van der Waals surface area contributed by atoms with Crippen molar-refractivity contribution >= 4 is 91.3 Å². The topological polar surface area (TPSA) is 46.8 Å². The number of fused-ring (bicyclic) bond motifs is 12. The Morgan fingerprint density at radius 1 is 0.404 bits per heavy atom. The van der Waals surface area contributed by atoms with Gasteiger partial charge in [0.15, 0.2) is 0 Å². The van der Waals surface area contributed by atoms with Crippen molar-refractivity contribution in [3.05, 3.63) is 102 Å². The summed E-state index contributed by atoms with van der Waals surface area (Å²) in [6.45, 7) is 31.1. The van der Waals surface area contributed by atoms with Crippen LogP contribution in [-0.2, 0) is 77.8 Å². The molecule has 0 amide bonds. The molecule has 0 fully saturated rings. The van der Waals surface area contributed by atoms with E-state index < -0.39 is 44.2 Å². The van der Waals surface area contributed by atoms with Gasteiger partial charge in [-0.1, -0.05) is 0 Å². The van der Waals surface area contributed by atoms with Gasteiger partial charge in [0.1, 0.15) is 0 Å². The fourth-order valence-electron chi connectivity index (χ4n) is 8.92. The van der Waals surface area contributed by atoms with Crippen molar-refractivity contribution in [2.45, 2.75) is 161 Å². The van der Waals surface area contributed by atoms with Crippen LogP contribution in [0.2, 0.25) is 0 Å². The first-order chi connectivity index (χ1) is 27.4. The minimum absolute atomic E-state index is 0.628. The summed E-state index contributed by atoms with van der Waals surface area (Å²) in [7, 11) is 21.0. The SMILES string of the molecule is CCc1c2c(CC)c3c(CC)c1CN=C(C)/C=C(/C)[N]([Ge][Cl])Cc1c(CC)c(c(CC)c(c1CC)C[N]([Ge][Cl])/C(C)=C\C(C)=NC2)CN=C(C)/C=C(/C)[N]([Ge][Cl])C3. The molecular formula is C45H63Cl3Ge3N6.